The van der Waals surface area contributed by atoms with E-state index in [1.165, 1.54) is 0 Å². The molecule has 0 atom stereocenters. The highest BCUT2D eigenvalue weighted by atomic mass is 16.2. The second-order valence-electron chi connectivity index (χ2n) is 5.90. The molecule has 3 nitrogen and oxygen atoms in total. The van der Waals surface area contributed by atoms with Gasteiger partial charge in [-0.15, -0.1) is 6.42 Å². The molecular formula is C24H23O3. The van der Waals surface area contributed by atoms with Crippen LogP contribution >= 0.6 is 0 Å². The summed E-state index contributed by atoms with van der Waals surface area (Å²) in [6, 6.07) is 17.2. The number of aliphatic hydroxyl groups is 1. The molecule has 1 radical (unpaired) electrons. The molecule has 0 bridgehead atoms. The lowest BCUT2D eigenvalue weighted by Crippen LogP contribution is -1.95. The van der Waals surface area contributed by atoms with Crippen molar-refractivity contribution in [1.82, 2.24) is 0 Å². The van der Waals surface area contributed by atoms with Crippen LogP contribution in [0.15, 0.2) is 54.6 Å². The number of aldehydes is 1. The summed E-state index contributed by atoms with van der Waals surface area (Å²) in [6.07, 6.45) is 6.76. The van der Waals surface area contributed by atoms with E-state index in [9.17, 15) is 9.59 Å². The van der Waals surface area contributed by atoms with E-state index in [2.05, 4.69) is 5.92 Å². The molecule has 0 aliphatic heterocycles. The topological polar surface area (TPSA) is 54.4 Å². The molecule has 0 saturated heterocycles. The van der Waals surface area contributed by atoms with E-state index >= 15 is 0 Å². The lowest BCUT2D eigenvalue weighted by molar-refractivity contribution is 0.0987. The molecule has 0 aliphatic rings. The molecule has 3 aromatic carbocycles. The first-order chi connectivity index (χ1) is 13.1. The SMILES string of the molecule is C#Cc1ccc2cc(-c3ccc(C(=O)CC)cc3)ccc2c1C=O.CCO.[H]. The lowest BCUT2D eigenvalue weighted by atomic mass is 9.95. The van der Waals surface area contributed by atoms with Gasteiger partial charge in [-0.1, -0.05) is 55.3 Å². The number of fused-ring (bicyclic) bond motifs is 1. The number of carbonyl (C=O) groups excluding carboxylic acids is 2. The Hall–Kier alpha value is -3.22. The number of hydrogen-bond donors (Lipinski definition) is 1. The third-order valence-electron chi connectivity index (χ3n) is 4.20. The lowest BCUT2D eigenvalue weighted by Gasteiger charge is -2.08. The standard InChI is InChI=1S/C22H16O2.C2H6O.H/c1-3-15-5-10-19-13-18(11-12-20(19)21(15)14-23)16-6-8-17(9-7-16)22(24)4-2;1-2-3;/h1,5-14H,4H2,2H3;3H,2H2,1H3;. The van der Waals surface area contributed by atoms with Crippen molar-refractivity contribution in [2.45, 2.75) is 20.3 Å². The average Bonchev–Trinajstić information content (AvgIpc) is 2.72. The molecule has 0 heterocycles. The largest absolute Gasteiger partial charge is 0.397 e. The van der Waals surface area contributed by atoms with Crippen LogP contribution in [0, 0.1) is 12.3 Å². The summed E-state index contributed by atoms with van der Waals surface area (Å²) in [4.78, 5) is 23.1. The number of ketones is 1. The van der Waals surface area contributed by atoms with E-state index in [0.717, 1.165) is 33.7 Å². The second-order valence-corrected chi connectivity index (χ2v) is 5.90. The highest BCUT2D eigenvalue weighted by Crippen LogP contribution is 2.27. The number of Topliss-reactive ketones (excluding diaryl/α,β-unsaturated/α-hetero) is 1. The number of terminal acetylenes is 1. The van der Waals surface area contributed by atoms with Gasteiger partial charge in [0.05, 0.1) is 0 Å². The number of hydrogen-bond acceptors (Lipinski definition) is 3. The number of carbonyl (C=O) groups is 2. The fraction of sp³-hybridized carbons (Fsp3) is 0.167. The normalized spacial score (nSPS) is 9.85. The molecule has 3 rings (SSSR count). The van der Waals surface area contributed by atoms with Crippen LogP contribution in [0.25, 0.3) is 21.9 Å². The van der Waals surface area contributed by atoms with Gasteiger partial charge in [-0.3, -0.25) is 9.59 Å². The van der Waals surface area contributed by atoms with E-state index < -0.39 is 0 Å². The van der Waals surface area contributed by atoms with E-state index in [1.54, 1.807) is 13.0 Å². The number of benzene rings is 3. The quantitative estimate of drug-likeness (QED) is 0.405. The fourth-order valence-corrected chi connectivity index (χ4v) is 2.84. The van der Waals surface area contributed by atoms with Gasteiger partial charge in [0.2, 0.25) is 0 Å². The monoisotopic (exact) mass is 359 g/mol. The predicted octanol–water partition coefficient (Wildman–Crippen LogP) is 5.00. The molecule has 0 spiro atoms. The minimum Gasteiger partial charge on any atom is -0.397 e. The molecule has 0 fully saturated rings. The average molecular weight is 359 g/mol. The summed E-state index contributed by atoms with van der Waals surface area (Å²) in [7, 11) is 0. The Morgan fingerprint density at radius 2 is 1.70 bits per heavy atom. The summed E-state index contributed by atoms with van der Waals surface area (Å²) in [5.41, 5.74) is 3.93. The second kappa shape index (κ2) is 9.47. The first kappa shape index (κ1) is 20.1. The van der Waals surface area contributed by atoms with Crippen LogP contribution in [0.1, 0.15) is 48.0 Å². The zero-order valence-electron chi connectivity index (χ0n) is 16.5. The molecule has 0 unspecified atom stereocenters. The van der Waals surface area contributed by atoms with Crippen LogP contribution in [0.3, 0.4) is 0 Å². The van der Waals surface area contributed by atoms with E-state index in [0.29, 0.717) is 17.5 Å². The minimum absolute atomic E-state index is 0. The Morgan fingerprint density at radius 1 is 1.07 bits per heavy atom. The maximum Gasteiger partial charge on any atom is 0.162 e. The van der Waals surface area contributed by atoms with E-state index in [1.807, 2.05) is 55.5 Å². The van der Waals surface area contributed by atoms with Crippen molar-refractivity contribution < 1.29 is 16.1 Å². The van der Waals surface area contributed by atoms with E-state index in [-0.39, 0.29) is 13.8 Å². The summed E-state index contributed by atoms with van der Waals surface area (Å²) < 4.78 is 0. The Kier molecular flexibility index (Phi) is 7.05. The summed E-state index contributed by atoms with van der Waals surface area (Å²) in [6.45, 7) is 3.79. The van der Waals surface area contributed by atoms with Crippen molar-refractivity contribution in [1.29, 1.82) is 0 Å². The van der Waals surface area contributed by atoms with Crippen molar-refractivity contribution in [3.63, 3.8) is 0 Å². The molecule has 3 heteroatoms. The Morgan fingerprint density at radius 3 is 2.26 bits per heavy atom. The van der Waals surface area contributed by atoms with Crippen molar-refractivity contribution in [3.8, 4) is 23.5 Å². The van der Waals surface area contributed by atoms with Gasteiger partial charge in [0, 0.05) is 31.1 Å². The van der Waals surface area contributed by atoms with Gasteiger partial charge < -0.3 is 5.11 Å². The van der Waals surface area contributed by atoms with Crippen molar-refractivity contribution in [2.24, 2.45) is 0 Å². The molecule has 3 aromatic rings. The van der Waals surface area contributed by atoms with Crippen LogP contribution in [0.2, 0.25) is 0 Å². The van der Waals surface area contributed by atoms with Crippen LogP contribution < -0.4 is 0 Å². The highest BCUT2D eigenvalue weighted by Gasteiger charge is 2.08. The highest BCUT2D eigenvalue weighted by molar-refractivity contribution is 6.02. The zero-order valence-corrected chi connectivity index (χ0v) is 15.5. The van der Waals surface area contributed by atoms with Gasteiger partial charge in [-0.2, -0.15) is 0 Å². The van der Waals surface area contributed by atoms with Crippen molar-refractivity contribution in [2.75, 3.05) is 6.61 Å². The molecule has 0 aromatic heterocycles. The first-order valence-electron chi connectivity index (χ1n) is 8.82. The van der Waals surface area contributed by atoms with Crippen LogP contribution in [-0.4, -0.2) is 23.8 Å². The summed E-state index contributed by atoms with van der Waals surface area (Å²) in [5.74, 6) is 2.68. The minimum atomic E-state index is 0. The molecular weight excluding hydrogens is 336 g/mol. The van der Waals surface area contributed by atoms with Gasteiger partial charge >= 0.3 is 0 Å². The maximum atomic E-state index is 11.7. The predicted molar refractivity (Wildman–Crippen MR) is 111 cm³/mol. The third-order valence-corrected chi connectivity index (χ3v) is 4.20. The van der Waals surface area contributed by atoms with Crippen molar-refractivity contribution >= 4 is 22.8 Å². The number of aliphatic hydroxyl groups excluding tert-OH is 1. The molecule has 27 heavy (non-hydrogen) atoms. The van der Waals surface area contributed by atoms with Gasteiger partial charge in [-0.05, 0) is 41.0 Å². The van der Waals surface area contributed by atoms with Gasteiger partial charge in [0.25, 0.3) is 0 Å². The smallest absolute Gasteiger partial charge is 0.162 e. The molecule has 137 valence electrons. The Balaban J connectivity index is 0.000000921. The van der Waals surface area contributed by atoms with E-state index in [4.69, 9.17) is 11.5 Å². The molecule has 1 N–H and O–H groups in total. The molecule has 0 aliphatic carbocycles. The number of rotatable bonds is 4. The van der Waals surface area contributed by atoms with Crippen molar-refractivity contribution in [3.05, 3.63) is 71.3 Å². The van der Waals surface area contributed by atoms with Crippen LogP contribution in [0.5, 0.6) is 0 Å². The molecule has 0 amide bonds. The van der Waals surface area contributed by atoms with Gasteiger partial charge in [0.1, 0.15) is 0 Å². The summed E-state index contributed by atoms with van der Waals surface area (Å²) in [5, 5.41) is 9.38. The summed E-state index contributed by atoms with van der Waals surface area (Å²) >= 11 is 0. The first-order valence-corrected chi connectivity index (χ1v) is 8.82. The fourth-order valence-electron chi connectivity index (χ4n) is 2.84. The van der Waals surface area contributed by atoms with Gasteiger partial charge in [0.15, 0.2) is 12.1 Å². The zero-order chi connectivity index (χ0) is 19.8. The molecule has 0 saturated carbocycles. The van der Waals surface area contributed by atoms with Crippen LogP contribution in [0.4, 0.5) is 0 Å². The van der Waals surface area contributed by atoms with Crippen LogP contribution in [-0.2, 0) is 0 Å². The van der Waals surface area contributed by atoms with Gasteiger partial charge in [-0.25, -0.2) is 0 Å². The third kappa shape index (κ3) is 4.49. The maximum absolute atomic E-state index is 11.7. The Bertz CT molecular complexity index is 999. The Labute approximate surface area is 161 Å².